The molecule has 0 aliphatic carbocycles. The molecule has 0 bridgehead atoms. The summed E-state index contributed by atoms with van der Waals surface area (Å²) in [5.74, 6) is -0.160. The van der Waals surface area contributed by atoms with Crippen LogP contribution in [0.2, 0.25) is 0 Å². The number of aromatic nitrogens is 2. The van der Waals surface area contributed by atoms with E-state index < -0.39 is 5.97 Å². The van der Waals surface area contributed by atoms with Crippen LogP contribution in [0.15, 0.2) is 0 Å². The molecule has 0 atom stereocenters. The third-order valence-electron chi connectivity index (χ3n) is 2.27. The Kier molecular flexibility index (Phi) is 4.70. The van der Waals surface area contributed by atoms with Crippen molar-refractivity contribution < 1.29 is 14.3 Å². The van der Waals surface area contributed by atoms with E-state index in [1.54, 1.807) is 27.8 Å². The average Bonchev–Trinajstić information content (AvgIpc) is 2.54. The van der Waals surface area contributed by atoms with E-state index in [1.165, 1.54) is 4.68 Å². The molecule has 0 radical (unpaired) electrons. The first-order valence-electron chi connectivity index (χ1n) is 5.76. The summed E-state index contributed by atoms with van der Waals surface area (Å²) < 4.78 is 6.38. The van der Waals surface area contributed by atoms with E-state index in [1.807, 2.05) is 0 Å². The highest BCUT2D eigenvalue weighted by molar-refractivity contribution is 6.00. The molecule has 0 unspecified atom stereocenters. The number of nitrogens with one attached hydrogen (secondary N) is 2. The third-order valence-corrected chi connectivity index (χ3v) is 2.27. The number of anilines is 1. The Morgan fingerprint density at radius 3 is 2.61 bits per heavy atom. The summed E-state index contributed by atoms with van der Waals surface area (Å²) in [5.41, 5.74) is 0.799. The molecule has 7 heteroatoms. The Morgan fingerprint density at radius 2 is 2.06 bits per heavy atom. The second kappa shape index (κ2) is 6.04. The zero-order valence-electron chi connectivity index (χ0n) is 11.0. The van der Waals surface area contributed by atoms with Crippen LogP contribution in [-0.4, -0.2) is 34.9 Å². The molecule has 1 heterocycles. The van der Waals surface area contributed by atoms with Gasteiger partial charge in [0.05, 0.1) is 12.3 Å². The van der Waals surface area contributed by atoms with Crippen molar-refractivity contribution in [2.24, 2.45) is 7.05 Å². The summed E-state index contributed by atoms with van der Waals surface area (Å²) in [5, 5.41) is 9.28. The van der Waals surface area contributed by atoms with Gasteiger partial charge in [-0.2, -0.15) is 5.10 Å². The van der Waals surface area contributed by atoms with Crippen LogP contribution in [0.5, 0.6) is 0 Å². The van der Waals surface area contributed by atoms with Crippen molar-refractivity contribution in [3.8, 4) is 0 Å². The van der Waals surface area contributed by atoms with Crippen LogP contribution in [0, 0.1) is 6.92 Å². The second-order valence-electron chi connectivity index (χ2n) is 3.64. The van der Waals surface area contributed by atoms with Gasteiger partial charge in [-0.15, -0.1) is 0 Å². The fourth-order valence-corrected chi connectivity index (χ4v) is 1.56. The Balaban J connectivity index is 3.02. The Bertz CT molecular complexity index is 453. The van der Waals surface area contributed by atoms with Gasteiger partial charge >= 0.3 is 12.0 Å². The highest BCUT2D eigenvalue weighted by atomic mass is 16.5. The maximum Gasteiger partial charge on any atom is 0.343 e. The van der Waals surface area contributed by atoms with Gasteiger partial charge in [0, 0.05) is 13.6 Å². The summed E-state index contributed by atoms with van der Waals surface area (Å²) >= 11 is 0. The molecule has 18 heavy (non-hydrogen) atoms. The molecule has 100 valence electrons. The van der Waals surface area contributed by atoms with Crippen molar-refractivity contribution in [2.75, 3.05) is 18.5 Å². The number of aryl methyl sites for hydroxylation is 2. The van der Waals surface area contributed by atoms with Crippen molar-refractivity contribution in [3.63, 3.8) is 0 Å². The van der Waals surface area contributed by atoms with Gasteiger partial charge in [0.1, 0.15) is 11.4 Å². The zero-order valence-corrected chi connectivity index (χ0v) is 11.0. The molecule has 0 aromatic carbocycles. The SMILES string of the molecule is CCNC(=O)Nc1c(C(=O)OCC)c(C)nn1C. The van der Waals surface area contributed by atoms with Gasteiger partial charge in [0.25, 0.3) is 0 Å². The van der Waals surface area contributed by atoms with E-state index in [-0.39, 0.29) is 18.2 Å². The average molecular weight is 254 g/mol. The fourth-order valence-electron chi connectivity index (χ4n) is 1.56. The molecule has 0 saturated carbocycles. The fraction of sp³-hybridized carbons (Fsp3) is 0.545. The second-order valence-corrected chi connectivity index (χ2v) is 3.64. The van der Waals surface area contributed by atoms with Crippen LogP contribution in [0.25, 0.3) is 0 Å². The lowest BCUT2D eigenvalue weighted by atomic mass is 10.2. The highest BCUT2D eigenvalue weighted by Crippen LogP contribution is 2.19. The minimum Gasteiger partial charge on any atom is -0.462 e. The Labute approximate surface area is 105 Å². The number of hydrogen-bond acceptors (Lipinski definition) is 4. The number of carbonyl (C=O) groups excluding carboxylic acids is 2. The van der Waals surface area contributed by atoms with E-state index >= 15 is 0 Å². The minimum atomic E-state index is -0.491. The first-order valence-corrected chi connectivity index (χ1v) is 5.76. The lowest BCUT2D eigenvalue weighted by molar-refractivity contribution is 0.0526. The van der Waals surface area contributed by atoms with Crippen LogP contribution in [-0.2, 0) is 11.8 Å². The van der Waals surface area contributed by atoms with Crippen LogP contribution in [0.4, 0.5) is 10.6 Å². The molecular weight excluding hydrogens is 236 g/mol. The number of amides is 2. The highest BCUT2D eigenvalue weighted by Gasteiger charge is 2.22. The van der Waals surface area contributed by atoms with Gasteiger partial charge in [0.2, 0.25) is 0 Å². The molecule has 0 saturated heterocycles. The number of esters is 1. The number of ether oxygens (including phenoxy) is 1. The number of carbonyl (C=O) groups is 2. The van der Waals surface area contributed by atoms with Crippen molar-refractivity contribution in [2.45, 2.75) is 20.8 Å². The first-order chi connectivity index (χ1) is 8.51. The van der Waals surface area contributed by atoms with Crippen molar-refractivity contribution >= 4 is 17.8 Å². The van der Waals surface area contributed by atoms with Gasteiger partial charge in [0.15, 0.2) is 0 Å². The molecule has 0 fully saturated rings. The summed E-state index contributed by atoms with van der Waals surface area (Å²) in [7, 11) is 1.65. The summed E-state index contributed by atoms with van der Waals surface area (Å²) in [6.45, 7) is 5.99. The van der Waals surface area contributed by atoms with Gasteiger partial charge in [-0.05, 0) is 20.8 Å². The smallest absolute Gasteiger partial charge is 0.343 e. The van der Waals surface area contributed by atoms with E-state index in [4.69, 9.17) is 4.74 Å². The van der Waals surface area contributed by atoms with Gasteiger partial charge in [-0.3, -0.25) is 10.00 Å². The molecule has 0 aliphatic rings. The molecule has 1 aromatic heterocycles. The Hall–Kier alpha value is -2.05. The first kappa shape index (κ1) is 14.0. The van der Waals surface area contributed by atoms with Crippen LogP contribution >= 0.6 is 0 Å². The molecule has 2 amide bonds. The largest absolute Gasteiger partial charge is 0.462 e. The van der Waals surface area contributed by atoms with Crippen molar-refractivity contribution in [1.29, 1.82) is 0 Å². The van der Waals surface area contributed by atoms with Gasteiger partial charge < -0.3 is 10.1 Å². The Morgan fingerprint density at radius 1 is 1.39 bits per heavy atom. The number of nitrogens with zero attached hydrogens (tertiary/aromatic N) is 2. The third kappa shape index (κ3) is 2.99. The topological polar surface area (TPSA) is 85.2 Å². The van der Waals surface area contributed by atoms with Crippen LogP contribution < -0.4 is 10.6 Å². The van der Waals surface area contributed by atoms with Gasteiger partial charge in [-0.25, -0.2) is 9.59 Å². The molecule has 0 spiro atoms. The number of hydrogen-bond donors (Lipinski definition) is 2. The molecule has 7 nitrogen and oxygen atoms in total. The molecule has 1 aromatic rings. The van der Waals surface area contributed by atoms with E-state index in [9.17, 15) is 9.59 Å². The number of urea groups is 1. The predicted molar refractivity (Wildman–Crippen MR) is 66.6 cm³/mol. The number of rotatable bonds is 4. The van der Waals surface area contributed by atoms with Crippen LogP contribution in [0.3, 0.4) is 0 Å². The van der Waals surface area contributed by atoms with E-state index in [0.717, 1.165) is 0 Å². The summed E-state index contributed by atoms with van der Waals surface area (Å²) in [6, 6.07) is -0.383. The standard InChI is InChI=1S/C11H18N4O3/c1-5-12-11(17)13-9-8(10(16)18-6-2)7(3)14-15(9)4/h5-6H2,1-4H3,(H2,12,13,17). The van der Waals surface area contributed by atoms with Crippen molar-refractivity contribution in [1.82, 2.24) is 15.1 Å². The zero-order chi connectivity index (χ0) is 13.7. The van der Waals surface area contributed by atoms with Crippen molar-refractivity contribution in [3.05, 3.63) is 11.3 Å². The summed E-state index contributed by atoms with van der Waals surface area (Å²) in [6.07, 6.45) is 0. The molecule has 0 aliphatic heterocycles. The maximum absolute atomic E-state index is 11.8. The minimum absolute atomic E-state index is 0.272. The monoisotopic (exact) mass is 254 g/mol. The van der Waals surface area contributed by atoms with E-state index in [2.05, 4.69) is 15.7 Å². The summed E-state index contributed by atoms with van der Waals surface area (Å²) in [4.78, 5) is 23.3. The predicted octanol–water partition coefficient (Wildman–Crippen LogP) is 1.05. The molecule has 2 N–H and O–H groups in total. The maximum atomic E-state index is 11.8. The quantitative estimate of drug-likeness (QED) is 0.786. The lowest BCUT2D eigenvalue weighted by Gasteiger charge is -2.08. The molecular formula is C11H18N4O3. The normalized spacial score (nSPS) is 10.0. The van der Waals surface area contributed by atoms with Gasteiger partial charge in [-0.1, -0.05) is 0 Å². The van der Waals surface area contributed by atoms with Crippen LogP contribution in [0.1, 0.15) is 29.9 Å². The van der Waals surface area contributed by atoms with E-state index in [0.29, 0.717) is 18.1 Å². The molecule has 1 rings (SSSR count). The lowest BCUT2D eigenvalue weighted by Crippen LogP contribution is -2.30.